The molecule has 0 unspecified atom stereocenters. The van der Waals surface area contributed by atoms with Gasteiger partial charge in [0, 0.05) is 45.5 Å². The van der Waals surface area contributed by atoms with Crippen LogP contribution in [-0.2, 0) is 20.8 Å². The fourth-order valence-corrected chi connectivity index (χ4v) is 2.78. The summed E-state index contributed by atoms with van der Waals surface area (Å²) in [5, 5.41) is 0. The van der Waals surface area contributed by atoms with Crippen molar-refractivity contribution in [1.82, 2.24) is 18.9 Å². The zero-order chi connectivity index (χ0) is 18.7. The van der Waals surface area contributed by atoms with Crippen LogP contribution in [0, 0.1) is 0 Å². The molecule has 0 radical (unpaired) electrons. The highest BCUT2D eigenvalue weighted by molar-refractivity contribution is 5.91. The number of carbonyl (C=O) groups is 2. The summed E-state index contributed by atoms with van der Waals surface area (Å²) in [7, 11) is 1.17. The Morgan fingerprint density at radius 1 is 1.23 bits per heavy atom. The van der Waals surface area contributed by atoms with Gasteiger partial charge in [0.15, 0.2) is 0 Å². The fraction of sp³-hybridized carbons (Fsp3) is 0.500. The van der Waals surface area contributed by atoms with Crippen molar-refractivity contribution in [3.8, 4) is 5.75 Å². The number of hydrogen-bond acceptors (Lipinski definition) is 8. The van der Waals surface area contributed by atoms with E-state index in [9.17, 15) is 14.4 Å². The number of hydrogen-bond donors (Lipinski definition) is 0. The summed E-state index contributed by atoms with van der Waals surface area (Å²) in [6.07, 6.45) is 3.22. The van der Waals surface area contributed by atoms with Crippen molar-refractivity contribution in [2.75, 3.05) is 40.0 Å². The molecule has 0 amide bonds. The number of carbonyl (C=O) groups excluding carboxylic acids is 2. The van der Waals surface area contributed by atoms with E-state index in [1.54, 1.807) is 10.8 Å². The van der Waals surface area contributed by atoms with E-state index >= 15 is 0 Å². The van der Waals surface area contributed by atoms with Crippen LogP contribution in [0.2, 0.25) is 0 Å². The Hall–Kier alpha value is -2.72. The molecule has 3 rings (SSSR count). The third kappa shape index (κ3) is 3.60. The lowest BCUT2D eigenvalue weighted by Gasteiger charge is -2.26. The monoisotopic (exact) mass is 364 g/mol. The SMILES string of the molecule is COC(=O)c1nc2n(CCN3CCOCC3)ccn2c(=O)c1OC(C)=O. The second kappa shape index (κ2) is 7.67. The molecular weight excluding hydrogens is 344 g/mol. The Morgan fingerprint density at radius 2 is 1.96 bits per heavy atom. The van der Waals surface area contributed by atoms with Gasteiger partial charge in [-0.1, -0.05) is 0 Å². The molecule has 10 heteroatoms. The summed E-state index contributed by atoms with van der Waals surface area (Å²) in [5.41, 5.74) is -0.963. The van der Waals surface area contributed by atoms with Gasteiger partial charge in [-0.25, -0.2) is 14.2 Å². The second-order valence-electron chi connectivity index (χ2n) is 5.80. The molecule has 10 nitrogen and oxygen atoms in total. The van der Waals surface area contributed by atoms with Gasteiger partial charge in [0.25, 0.3) is 0 Å². The Morgan fingerprint density at radius 3 is 2.62 bits per heavy atom. The number of imidazole rings is 1. The van der Waals surface area contributed by atoms with Crippen LogP contribution < -0.4 is 10.3 Å². The van der Waals surface area contributed by atoms with Gasteiger partial charge < -0.3 is 18.8 Å². The highest BCUT2D eigenvalue weighted by Gasteiger charge is 2.24. The maximum Gasteiger partial charge on any atom is 0.360 e. The topological polar surface area (TPSA) is 104 Å². The van der Waals surface area contributed by atoms with Gasteiger partial charge in [-0.2, -0.15) is 0 Å². The molecule has 0 bridgehead atoms. The molecule has 140 valence electrons. The van der Waals surface area contributed by atoms with E-state index in [-0.39, 0.29) is 11.5 Å². The number of aromatic nitrogens is 3. The molecule has 3 heterocycles. The van der Waals surface area contributed by atoms with Crippen LogP contribution in [0.25, 0.3) is 5.78 Å². The molecular formula is C16H20N4O6. The van der Waals surface area contributed by atoms with Crippen LogP contribution in [0.4, 0.5) is 0 Å². The average molecular weight is 364 g/mol. The first-order valence-electron chi connectivity index (χ1n) is 8.19. The Bertz CT molecular complexity index is 881. The third-order valence-corrected chi connectivity index (χ3v) is 4.09. The van der Waals surface area contributed by atoms with Crippen LogP contribution >= 0.6 is 0 Å². The Kier molecular flexibility index (Phi) is 5.33. The summed E-state index contributed by atoms with van der Waals surface area (Å²) in [5.74, 6) is -1.73. The van der Waals surface area contributed by atoms with Crippen LogP contribution in [-0.4, -0.2) is 70.7 Å². The molecule has 2 aromatic rings. The molecule has 1 aliphatic heterocycles. The predicted octanol–water partition coefficient (Wildman–Crippen LogP) is -0.460. The Balaban J connectivity index is 1.96. The van der Waals surface area contributed by atoms with Crippen LogP contribution in [0.15, 0.2) is 17.2 Å². The molecule has 0 aromatic carbocycles. The average Bonchev–Trinajstić information content (AvgIpc) is 3.05. The summed E-state index contributed by atoms with van der Waals surface area (Å²) < 4.78 is 17.9. The van der Waals surface area contributed by atoms with E-state index in [0.717, 1.165) is 26.6 Å². The summed E-state index contributed by atoms with van der Waals surface area (Å²) in [4.78, 5) is 42.3. The van der Waals surface area contributed by atoms with Gasteiger partial charge in [-0.05, 0) is 0 Å². The molecule has 0 saturated carbocycles. The van der Waals surface area contributed by atoms with Crippen molar-refractivity contribution in [3.63, 3.8) is 0 Å². The zero-order valence-corrected chi connectivity index (χ0v) is 14.6. The normalized spacial score (nSPS) is 15.2. The standard InChI is InChI=1S/C16H20N4O6/c1-11(21)26-13-12(15(23)24-2)17-16-19(5-6-20(16)14(13)22)4-3-18-7-9-25-10-8-18/h5-6H,3-4,7-10H2,1-2H3. The van der Waals surface area contributed by atoms with Gasteiger partial charge in [0.05, 0.1) is 20.3 Å². The third-order valence-electron chi connectivity index (χ3n) is 4.09. The minimum Gasteiger partial charge on any atom is -0.464 e. The van der Waals surface area contributed by atoms with E-state index in [0.29, 0.717) is 19.8 Å². The summed E-state index contributed by atoms with van der Waals surface area (Å²) >= 11 is 0. The number of methoxy groups -OCH3 is 1. The van der Waals surface area contributed by atoms with Gasteiger partial charge in [-0.3, -0.25) is 14.5 Å². The first-order chi connectivity index (χ1) is 12.5. The van der Waals surface area contributed by atoms with Crippen molar-refractivity contribution >= 4 is 17.7 Å². The number of esters is 2. The molecule has 26 heavy (non-hydrogen) atoms. The van der Waals surface area contributed by atoms with E-state index in [1.807, 2.05) is 0 Å². The fourth-order valence-electron chi connectivity index (χ4n) is 2.78. The number of nitrogens with zero attached hydrogens (tertiary/aromatic N) is 4. The van der Waals surface area contributed by atoms with Crippen molar-refractivity contribution in [2.45, 2.75) is 13.5 Å². The summed E-state index contributed by atoms with van der Waals surface area (Å²) in [6, 6.07) is 0. The highest BCUT2D eigenvalue weighted by atomic mass is 16.5. The highest BCUT2D eigenvalue weighted by Crippen LogP contribution is 2.15. The molecule has 0 spiro atoms. The predicted molar refractivity (Wildman–Crippen MR) is 89.4 cm³/mol. The Labute approximate surface area is 148 Å². The van der Waals surface area contributed by atoms with Gasteiger partial charge in [-0.15, -0.1) is 0 Å². The largest absolute Gasteiger partial charge is 0.464 e. The van der Waals surface area contributed by atoms with Crippen LogP contribution in [0.5, 0.6) is 5.75 Å². The van der Waals surface area contributed by atoms with Crippen LogP contribution in [0.1, 0.15) is 17.4 Å². The summed E-state index contributed by atoms with van der Waals surface area (Å²) in [6.45, 7) is 5.56. The van der Waals surface area contributed by atoms with Crippen molar-refractivity contribution in [1.29, 1.82) is 0 Å². The maximum atomic E-state index is 12.6. The molecule has 0 aliphatic carbocycles. The van der Waals surface area contributed by atoms with Gasteiger partial charge >= 0.3 is 17.5 Å². The van der Waals surface area contributed by atoms with E-state index in [1.165, 1.54) is 17.7 Å². The molecule has 0 atom stereocenters. The lowest BCUT2D eigenvalue weighted by Crippen LogP contribution is -2.38. The number of morpholine rings is 1. The number of rotatable bonds is 5. The zero-order valence-electron chi connectivity index (χ0n) is 14.6. The first-order valence-corrected chi connectivity index (χ1v) is 8.19. The quantitative estimate of drug-likeness (QED) is 0.657. The molecule has 0 N–H and O–H groups in total. The van der Waals surface area contributed by atoms with E-state index < -0.39 is 23.2 Å². The lowest BCUT2D eigenvalue weighted by atomic mass is 10.3. The molecule has 1 aliphatic rings. The minimum absolute atomic E-state index is 0.277. The van der Waals surface area contributed by atoms with E-state index in [2.05, 4.69) is 14.6 Å². The van der Waals surface area contributed by atoms with Crippen molar-refractivity contribution in [3.05, 3.63) is 28.4 Å². The number of fused-ring (bicyclic) bond motifs is 1. The maximum absolute atomic E-state index is 12.6. The molecule has 1 fully saturated rings. The molecule has 2 aromatic heterocycles. The van der Waals surface area contributed by atoms with Crippen molar-refractivity contribution in [2.24, 2.45) is 0 Å². The van der Waals surface area contributed by atoms with Gasteiger partial charge in [0.1, 0.15) is 0 Å². The minimum atomic E-state index is -0.846. The first kappa shape index (κ1) is 18.1. The van der Waals surface area contributed by atoms with Crippen LogP contribution in [0.3, 0.4) is 0 Å². The van der Waals surface area contributed by atoms with E-state index in [4.69, 9.17) is 9.47 Å². The number of ether oxygens (including phenoxy) is 3. The van der Waals surface area contributed by atoms with Gasteiger partial charge in [0.2, 0.25) is 17.2 Å². The lowest BCUT2D eigenvalue weighted by molar-refractivity contribution is -0.132. The van der Waals surface area contributed by atoms with Crippen molar-refractivity contribution < 1.29 is 23.8 Å². The second-order valence-corrected chi connectivity index (χ2v) is 5.80. The molecule has 1 saturated heterocycles. The smallest absolute Gasteiger partial charge is 0.360 e.